The van der Waals surface area contributed by atoms with E-state index >= 15 is 0 Å². The number of nitrogens with zero attached hydrogens (tertiary/aromatic N) is 1. The molecule has 0 aliphatic carbocycles. The third-order valence-electron chi connectivity index (χ3n) is 0.840. The van der Waals surface area contributed by atoms with Crippen LogP contribution in [-0.4, -0.2) is 22.9 Å². The van der Waals surface area contributed by atoms with E-state index in [1.165, 1.54) is 0 Å². The van der Waals surface area contributed by atoms with Crippen molar-refractivity contribution >= 4 is 17.7 Å². The van der Waals surface area contributed by atoms with Crippen molar-refractivity contribution in [1.29, 1.82) is 0 Å². The van der Waals surface area contributed by atoms with Crippen molar-refractivity contribution in [2.24, 2.45) is 0 Å². The van der Waals surface area contributed by atoms with Gasteiger partial charge in [0.15, 0.2) is 0 Å². The molecule has 0 aromatic carbocycles. The van der Waals surface area contributed by atoms with Gasteiger partial charge in [-0.3, -0.25) is 0 Å². The molecule has 1 rings (SSSR count). The van der Waals surface area contributed by atoms with E-state index in [2.05, 4.69) is 5.16 Å². The van der Waals surface area contributed by atoms with Crippen LogP contribution in [-0.2, 0) is 5.09 Å². The predicted octanol–water partition coefficient (Wildman–Crippen LogP) is 0.343. The number of hydrogen-bond acceptors (Lipinski definition) is 2. The Balaban J connectivity index is 2.76. The van der Waals surface area contributed by atoms with Gasteiger partial charge in [0, 0.05) is 0 Å². The molecule has 0 aliphatic rings. The molecule has 0 saturated carbocycles. The Morgan fingerprint density at radius 3 is 3.00 bits per heavy atom. The Labute approximate surface area is 51.1 Å². The molecule has 0 atom stereocenters. The first-order chi connectivity index (χ1) is 3.43. The summed E-state index contributed by atoms with van der Waals surface area (Å²) in [7, 11) is 0. The molecule has 3 heteroatoms. The molecule has 0 bridgehead atoms. The van der Waals surface area contributed by atoms with Gasteiger partial charge >= 0.3 is 50.5 Å². The fourth-order valence-corrected chi connectivity index (χ4v) is 0.425. The van der Waals surface area contributed by atoms with Crippen molar-refractivity contribution in [2.75, 3.05) is 0 Å². The molecule has 0 aliphatic heterocycles. The van der Waals surface area contributed by atoms with Crippen molar-refractivity contribution in [1.82, 2.24) is 5.16 Å². The molecule has 0 spiro atoms. The Bertz CT molecular complexity index is 126. The van der Waals surface area contributed by atoms with E-state index < -0.39 is 0 Å². The van der Waals surface area contributed by atoms with Crippen molar-refractivity contribution in [3.8, 4) is 0 Å². The van der Waals surface area contributed by atoms with E-state index in [4.69, 9.17) is 4.52 Å². The molecule has 0 N–H and O–H groups in total. The van der Waals surface area contributed by atoms with Crippen molar-refractivity contribution in [2.45, 2.75) is 5.09 Å². The summed E-state index contributed by atoms with van der Waals surface area (Å²) in [5.41, 5.74) is 0. The molecule has 1 aromatic heterocycles. The molecule has 32 valence electrons. The molecule has 1 aromatic rings. The van der Waals surface area contributed by atoms with E-state index in [0.29, 0.717) is 0 Å². The van der Waals surface area contributed by atoms with Gasteiger partial charge in [-0.1, -0.05) is 0 Å². The van der Waals surface area contributed by atoms with Crippen LogP contribution in [0.5, 0.6) is 0 Å². The van der Waals surface area contributed by atoms with Crippen LogP contribution in [0.4, 0.5) is 0 Å². The van der Waals surface area contributed by atoms with E-state index in [-0.39, 0.29) is 0 Å². The first-order valence-corrected chi connectivity index (χ1v) is 2.33. The van der Waals surface area contributed by atoms with Crippen LogP contribution in [0.25, 0.3) is 0 Å². The third-order valence-corrected chi connectivity index (χ3v) is 0.840. The van der Waals surface area contributed by atoms with Crippen LogP contribution in [0.15, 0.2) is 16.8 Å². The van der Waals surface area contributed by atoms with Crippen molar-refractivity contribution < 1.29 is 4.52 Å². The fourth-order valence-electron chi connectivity index (χ4n) is 0.425. The zero-order valence-corrected chi connectivity index (χ0v) is 4.22. The summed E-state index contributed by atoms with van der Waals surface area (Å²) in [6, 6.07) is 1.86. The second kappa shape index (κ2) is 2.20. The maximum atomic E-state index is 4.73. The van der Waals surface area contributed by atoms with Gasteiger partial charge in [0.25, 0.3) is 0 Å². The van der Waals surface area contributed by atoms with Crippen LogP contribution in [0.1, 0.15) is 5.76 Å². The summed E-state index contributed by atoms with van der Waals surface area (Å²) in [5.74, 6) is 0.944. The fraction of sp³-hybridized carbons (Fsp3) is 0.250. The number of hydrogen-bond donors (Lipinski definition) is 0. The summed E-state index contributed by atoms with van der Waals surface area (Å²) in [5, 5.41) is 4.45. The van der Waals surface area contributed by atoms with E-state index in [9.17, 15) is 0 Å². The average Bonchev–Trinajstić information content (AvgIpc) is 2.14. The predicted molar refractivity (Wildman–Crippen MR) is 26.0 cm³/mol. The third kappa shape index (κ3) is 1.09. The Kier molecular flexibility index (Phi) is 1.56. The Morgan fingerprint density at radius 1 is 1.86 bits per heavy atom. The van der Waals surface area contributed by atoms with Gasteiger partial charge in [-0.25, -0.2) is 0 Å². The van der Waals surface area contributed by atoms with Gasteiger partial charge in [0.1, 0.15) is 0 Å². The van der Waals surface area contributed by atoms with Gasteiger partial charge in [-0.15, -0.1) is 0 Å². The SMILES string of the molecule is [Li][CH2]c1ccno1. The van der Waals surface area contributed by atoms with Crippen molar-refractivity contribution in [3.63, 3.8) is 0 Å². The first kappa shape index (κ1) is 4.95. The van der Waals surface area contributed by atoms with Crippen molar-refractivity contribution in [3.05, 3.63) is 18.0 Å². The minimum absolute atomic E-state index is 0.931. The Morgan fingerprint density at radius 2 is 2.71 bits per heavy atom. The number of aromatic nitrogens is 1. The van der Waals surface area contributed by atoms with Crippen LogP contribution >= 0.6 is 0 Å². The summed E-state index contributed by atoms with van der Waals surface area (Å²) in [4.78, 5) is 0. The molecular weight excluding hydrogens is 85.0 g/mol. The van der Waals surface area contributed by atoms with E-state index in [1.807, 2.05) is 23.8 Å². The summed E-state index contributed by atoms with van der Waals surface area (Å²) >= 11 is 2.03. The summed E-state index contributed by atoms with van der Waals surface area (Å²) in [6.45, 7) is 0. The zero-order valence-electron chi connectivity index (χ0n) is 4.22. The molecule has 0 unspecified atom stereocenters. The van der Waals surface area contributed by atoms with Gasteiger partial charge < -0.3 is 0 Å². The second-order valence-electron chi connectivity index (χ2n) is 1.33. The van der Waals surface area contributed by atoms with Gasteiger partial charge in [0.05, 0.1) is 0 Å². The van der Waals surface area contributed by atoms with Crippen LogP contribution in [0.2, 0.25) is 0 Å². The maximum absolute atomic E-state index is 4.73. The standard InChI is InChI=1S/C4H4NO.Li/c1-4-2-3-5-6-4;/h2-3H,1H2;. The normalized spacial score (nSPS) is 9.43. The summed E-state index contributed by atoms with van der Waals surface area (Å²) in [6.07, 6.45) is 1.65. The van der Waals surface area contributed by atoms with Crippen LogP contribution in [0.3, 0.4) is 0 Å². The molecule has 0 saturated heterocycles. The average molecular weight is 89.0 g/mol. The van der Waals surface area contributed by atoms with Gasteiger partial charge in [0.2, 0.25) is 0 Å². The molecule has 0 fully saturated rings. The monoisotopic (exact) mass is 89.0 g/mol. The molecule has 2 nitrogen and oxygen atoms in total. The topological polar surface area (TPSA) is 26.0 Å². The zero-order chi connectivity index (χ0) is 5.11. The minimum atomic E-state index is 0.931. The van der Waals surface area contributed by atoms with E-state index in [1.54, 1.807) is 6.20 Å². The second-order valence-corrected chi connectivity index (χ2v) is 1.33. The molecular formula is C4H4LiNO. The molecule has 0 amide bonds. The van der Waals surface area contributed by atoms with Crippen LogP contribution < -0.4 is 0 Å². The quantitative estimate of drug-likeness (QED) is 0.464. The van der Waals surface area contributed by atoms with Gasteiger partial charge in [-0.2, -0.15) is 0 Å². The molecule has 7 heavy (non-hydrogen) atoms. The Hall–Kier alpha value is -0.193. The molecule has 0 radical (unpaired) electrons. The first-order valence-electron chi connectivity index (χ1n) is 2.33. The molecule has 1 heterocycles. The van der Waals surface area contributed by atoms with Gasteiger partial charge in [-0.05, 0) is 0 Å². The summed E-state index contributed by atoms with van der Waals surface area (Å²) < 4.78 is 4.73. The number of rotatable bonds is 1. The van der Waals surface area contributed by atoms with E-state index in [0.717, 1.165) is 10.9 Å². The van der Waals surface area contributed by atoms with Crippen LogP contribution in [0, 0.1) is 0 Å².